The zero-order chi connectivity index (χ0) is 20.9. The minimum Gasteiger partial charge on any atom is -0.314 e. The van der Waals surface area contributed by atoms with E-state index in [0.717, 1.165) is 36.4 Å². The van der Waals surface area contributed by atoms with Crippen molar-refractivity contribution < 1.29 is 4.39 Å². The van der Waals surface area contributed by atoms with Crippen LogP contribution in [0.1, 0.15) is 94.6 Å². The van der Waals surface area contributed by atoms with Gasteiger partial charge in [-0.2, -0.15) is 0 Å². The van der Waals surface area contributed by atoms with Crippen molar-refractivity contribution in [2.45, 2.75) is 89.5 Å². The van der Waals surface area contributed by atoms with Crippen molar-refractivity contribution in [3.63, 3.8) is 0 Å². The fourth-order valence-corrected chi connectivity index (χ4v) is 5.53. The van der Waals surface area contributed by atoms with E-state index in [-0.39, 0.29) is 5.82 Å². The fourth-order valence-electron chi connectivity index (χ4n) is 5.53. The van der Waals surface area contributed by atoms with Gasteiger partial charge in [-0.05, 0) is 92.0 Å². The van der Waals surface area contributed by atoms with Gasteiger partial charge in [0, 0.05) is 11.6 Å². The van der Waals surface area contributed by atoms with Crippen LogP contribution in [0.3, 0.4) is 0 Å². The minimum atomic E-state index is -0.0713. The summed E-state index contributed by atoms with van der Waals surface area (Å²) < 4.78 is 15.0. The van der Waals surface area contributed by atoms with Crippen molar-refractivity contribution in [3.8, 4) is 11.1 Å². The van der Waals surface area contributed by atoms with Crippen LogP contribution in [0, 0.1) is 11.7 Å². The molecular formula is C28H38FN. The number of hydrogen-bond donors (Lipinski definition) is 1. The van der Waals surface area contributed by atoms with Crippen LogP contribution in [0.2, 0.25) is 0 Å². The van der Waals surface area contributed by atoms with Gasteiger partial charge in [0.25, 0.3) is 0 Å². The summed E-state index contributed by atoms with van der Waals surface area (Å²) in [6, 6.07) is 15.3. The maximum Gasteiger partial charge on any atom is 0.131 e. The van der Waals surface area contributed by atoms with Gasteiger partial charge in [-0.3, -0.25) is 0 Å². The van der Waals surface area contributed by atoms with Gasteiger partial charge < -0.3 is 5.32 Å². The summed E-state index contributed by atoms with van der Waals surface area (Å²) >= 11 is 0. The van der Waals surface area contributed by atoms with Crippen LogP contribution in [-0.2, 0) is 0 Å². The number of nitrogens with one attached hydrogen (secondary N) is 1. The standard InChI is InChI=1S/C28H38FN/c1-3-18-30-26-15-12-23(13-16-26)25-14-17-27(28(29)19-25)24-10-8-22(9-11-24)21-6-4-20(2)5-7-21/h8-11,14,17,19-21,23,26,30H,3-7,12-13,15-16,18H2,1-2H3. The molecule has 2 aliphatic rings. The lowest BCUT2D eigenvalue weighted by atomic mass is 9.79. The molecule has 2 heteroatoms. The monoisotopic (exact) mass is 407 g/mol. The molecule has 0 heterocycles. The molecule has 2 aromatic carbocycles. The van der Waals surface area contributed by atoms with E-state index in [1.807, 2.05) is 6.07 Å². The van der Waals surface area contributed by atoms with Crippen LogP contribution < -0.4 is 5.32 Å². The summed E-state index contributed by atoms with van der Waals surface area (Å²) in [5, 5.41) is 3.64. The van der Waals surface area contributed by atoms with E-state index in [2.05, 4.69) is 49.5 Å². The van der Waals surface area contributed by atoms with Gasteiger partial charge in [0.2, 0.25) is 0 Å². The van der Waals surface area contributed by atoms with Gasteiger partial charge in [0.1, 0.15) is 5.82 Å². The van der Waals surface area contributed by atoms with Gasteiger partial charge in [0.05, 0.1) is 0 Å². The highest BCUT2D eigenvalue weighted by Crippen LogP contribution is 2.37. The molecule has 0 bridgehead atoms. The van der Waals surface area contributed by atoms with Crippen molar-refractivity contribution in [1.82, 2.24) is 5.32 Å². The zero-order valence-corrected chi connectivity index (χ0v) is 18.8. The van der Waals surface area contributed by atoms with Crippen molar-refractivity contribution >= 4 is 0 Å². The van der Waals surface area contributed by atoms with Crippen LogP contribution in [0.5, 0.6) is 0 Å². The first-order chi connectivity index (χ1) is 14.6. The normalized spacial score (nSPS) is 27.2. The molecule has 1 nitrogen and oxygen atoms in total. The molecule has 162 valence electrons. The molecule has 1 N–H and O–H groups in total. The maximum absolute atomic E-state index is 15.0. The van der Waals surface area contributed by atoms with Gasteiger partial charge >= 0.3 is 0 Å². The highest BCUT2D eigenvalue weighted by Gasteiger charge is 2.23. The first-order valence-electron chi connectivity index (χ1n) is 12.3. The average molecular weight is 408 g/mol. The molecule has 0 atom stereocenters. The Morgan fingerprint density at radius 3 is 2.03 bits per heavy atom. The SMILES string of the molecule is CCCNC1CCC(c2ccc(-c3ccc(C4CCC(C)CC4)cc3)c(F)c2)CC1. The molecule has 2 saturated carbocycles. The van der Waals surface area contributed by atoms with Crippen LogP contribution in [0.4, 0.5) is 4.39 Å². The smallest absolute Gasteiger partial charge is 0.131 e. The van der Waals surface area contributed by atoms with E-state index < -0.39 is 0 Å². The van der Waals surface area contributed by atoms with Crippen LogP contribution in [-0.4, -0.2) is 12.6 Å². The van der Waals surface area contributed by atoms with Crippen molar-refractivity contribution in [3.05, 3.63) is 59.4 Å². The molecule has 0 spiro atoms. The topological polar surface area (TPSA) is 12.0 Å². The fraction of sp³-hybridized carbons (Fsp3) is 0.571. The van der Waals surface area contributed by atoms with Gasteiger partial charge in [-0.15, -0.1) is 0 Å². The first kappa shape index (κ1) is 21.6. The van der Waals surface area contributed by atoms with E-state index in [4.69, 9.17) is 0 Å². The lowest BCUT2D eigenvalue weighted by Crippen LogP contribution is -2.33. The highest BCUT2D eigenvalue weighted by atomic mass is 19.1. The Morgan fingerprint density at radius 2 is 1.40 bits per heavy atom. The Hall–Kier alpha value is -1.67. The number of halogens is 1. The third kappa shape index (κ3) is 5.14. The Morgan fingerprint density at radius 1 is 0.800 bits per heavy atom. The van der Waals surface area contributed by atoms with Crippen molar-refractivity contribution in [2.75, 3.05) is 6.54 Å². The molecule has 2 aromatic rings. The number of hydrogen-bond acceptors (Lipinski definition) is 1. The zero-order valence-electron chi connectivity index (χ0n) is 18.8. The number of benzene rings is 2. The Balaban J connectivity index is 1.40. The van der Waals surface area contributed by atoms with Crippen LogP contribution in [0.15, 0.2) is 42.5 Å². The minimum absolute atomic E-state index is 0.0713. The second kappa shape index (κ2) is 10.1. The molecule has 2 fully saturated rings. The summed E-state index contributed by atoms with van der Waals surface area (Å²) in [5.41, 5.74) is 4.34. The second-order valence-electron chi connectivity index (χ2n) is 9.82. The Labute approximate surface area is 182 Å². The van der Waals surface area contributed by atoms with E-state index in [1.165, 1.54) is 56.1 Å². The molecule has 0 saturated heterocycles. The van der Waals surface area contributed by atoms with Gasteiger partial charge in [-0.25, -0.2) is 4.39 Å². The Bertz CT molecular complexity index is 796. The van der Waals surface area contributed by atoms with Crippen molar-refractivity contribution in [2.24, 2.45) is 5.92 Å². The highest BCUT2D eigenvalue weighted by molar-refractivity contribution is 5.65. The van der Waals surface area contributed by atoms with E-state index in [1.54, 1.807) is 6.07 Å². The summed E-state index contributed by atoms with van der Waals surface area (Å²) in [4.78, 5) is 0. The predicted molar refractivity (Wildman–Crippen MR) is 125 cm³/mol. The molecule has 4 rings (SSSR count). The lowest BCUT2D eigenvalue weighted by molar-refractivity contribution is 0.343. The molecular weight excluding hydrogens is 369 g/mol. The first-order valence-corrected chi connectivity index (χ1v) is 12.3. The summed E-state index contributed by atoms with van der Waals surface area (Å²) in [6.45, 7) is 5.69. The van der Waals surface area contributed by atoms with Crippen molar-refractivity contribution in [1.29, 1.82) is 0 Å². The third-order valence-corrected chi connectivity index (χ3v) is 7.58. The summed E-state index contributed by atoms with van der Waals surface area (Å²) in [5.74, 6) is 1.99. The van der Waals surface area contributed by atoms with Crippen LogP contribution in [0.25, 0.3) is 11.1 Å². The van der Waals surface area contributed by atoms with E-state index in [9.17, 15) is 0 Å². The Kier molecular flexibility index (Phi) is 7.25. The van der Waals surface area contributed by atoms with Crippen LogP contribution >= 0.6 is 0 Å². The van der Waals surface area contributed by atoms with Gasteiger partial charge in [0.15, 0.2) is 0 Å². The second-order valence-corrected chi connectivity index (χ2v) is 9.82. The largest absolute Gasteiger partial charge is 0.314 e. The molecule has 0 aromatic heterocycles. The van der Waals surface area contributed by atoms with E-state index in [0.29, 0.717) is 17.9 Å². The van der Waals surface area contributed by atoms with E-state index >= 15 is 4.39 Å². The molecule has 2 aliphatic carbocycles. The molecule has 0 amide bonds. The maximum atomic E-state index is 15.0. The average Bonchev–Trinajstić information content (AvgIpc) is 2.79. The molecule has 0 aliphatic heterocycles. The summed E-state index contributed by atoms with van der Waals surface area (Å²) in [7, 11) is 0. The number of rotatable bonds is 6. The molecule has 0 radical (unpaired) electrons. The summed E-state index contributed by atoms with van der Waals surface area (Å²) in [6.07, 6.45) is 11.2. The van der Waals surface area contributed by atoms with Gasteiger partial charge in [-0.1, -0.05) is 63.1 Å². The predicted octanol–water partition coefficient (Wildman–Crippen LogP) is 7.81. The lowest BCUT2D eigenvalue weighted by Gasteiger charge is -2.29. The quantitative estimate of drug-likeness (QED) is 0.515. The molecule has 30 heavy (non-hydrogen) atoms. The molecule has 0 unspecified atom stereocenters. The third-order valence-electron chi connectivity index (χ3n) is 7.58.